The molecular weight excluding hydrogens is 679 g/mol. The lowest BCUT2D eigenvalue weighted by atomic mass is 10.1. The van der Waals surface area contributed by atoms with Gasteiger partial charge in [0.2, 0.25) is 0 Å². The predicted molar refractivity (Wildman–Crippen MR) is 170 cm³/mol. The second-order valence-corrected chi connectivity index (χ2v) is 11.7. The van der Waals surface area contributed by atoms with Crippen molar-refractivity contribution in [2.24, 2.45) is 0 Å². The third-order valence-electron chi connectivity index (χ3n) is 7.04. The van der Waals surface area contributed by atoms with Crippen LogP contribution in [0.2, 0.25) is 15.1 Å². The molecule has 4 atom stereocenters. The number of carbonyl (C=O) groups is 3. The molecule has 15 heteroatoms. The summed E-state index contributed by atoms with van der Waals surface area (Å²) in [4.78, 5) is 51.1. The van der Waals surface area contributed by atoms with Crippen LogP contribution in [-0.2, 0) is 18.9 Å². The first-order valence-electron chi connectivity index (χ1n) is 13.6. The maximum Gasteiger partial charge on any atom is 0.338 e. The van der Waals surface area contributed by atoms with Gasteiger partial charge in [-0.1, -0.05) is 47.0 Å². The number of hydrogen-bond donors (Lipinski definition) is 1. The van der Waals surface area contributed by atoms with Gasteiger partial charge in [0.1, 0.15) is 23.9 Å². The second-order valence-electron chi connectivity index (χ2n) is 9.98. The van der Waals surface area contributed by atoms with E-state index >= 15 is 0 Å². The molecule has 0 unspecified atom stereocenters. The van der Waals surface area contributed by atoms with E-state index in [1.165, 1.54) is 77.9 Å². The first-order chi connectivity index (χ1) is 22.2. The van der Waals surface area contributed by atoms with Crippen molar-refractivity contribution in [3.05, 3.63) is 122 Å². The molecule has 0 spiro atoms. The number of nitrogens with zero attached hydrogens (tertiary/aromatic N) is 3. The Hall–Kier alpha value is -4.33. The van der Waals surface area contributed by atoms with Gasteiger partial charge in [0.25, 0.3) is 0 Å². The molecule has 1 aliphatic rings. The van der Waals surface area contributed by atoms with E-state index in [1.807, 2.05) is 0 Å². The number of benzene rings is 3. The summed E-state index contributed by atoms with van der Waals surface area (Å²) in [5.41, 5.74) is 1.36. The average Bonchev–Trinajstić information content (AvgIpc) is 3.62. The van der Waals surface area contributed by atoms with Crippen LogP contribution in [0.3, 0.4) is 0 Å². The van der Waals surface area contributed by atoms with Crippen molar-refractivity contribution in [2.75, 3.05) is 6.61 Å². The number of ether oxygens (including phenoxy) is 4. The van der Waals surface area contributed by atoms with Crippen molar-refractivity contribution in [3.8, 4) is 0 Å². The molecule has 0 amide bonds. The lowest BCUT2D eigenvalue weighted by Gasteiger charge is -2.25. The Morgan fingerprint density at radius 3 is 1.80 bits per heavy atom. The van der Waals surface area contributed by atoms with Crippen molar-refractivity contribution >= 4 is 76.1 Å². The quantitative estimate of drug-likeness (QED) is 0.107. The molecule has 11 nitrogen and oxygen atoms in total. The largest absolute Gasteiger partial charge is 0.459 e. The number of hydrogen-bond acceptors (Lipinski definition) is 10. The summed E-state index contributed by atoms with van der Waals surface area (Å²) in [6.07, 6.45) is -1.97. The van der Waals surface area contributed by atoms with Crippen LogP contribution in [0.25, 0.3) is 11.2 Å². The van der Waals surface area contributed by atoms with Crippen molar-refractivity contribution in [3.63, 3.8) is 0 Å². The van der Waals surface area contributed by atoms with Crippen LogP contribution >= 0.6 is 47.0 Å². The van der Waals surface area contributed by atoms with E-state index in [2.05, 4.69) is 15.0 Å². The Morgan fingerprint density at radius 2 is 1.26 bits per heavy atom. The molecule has 0 aliphatic carbocycles. The van der Waals surface area contributed by atoms with Crippen LogP contribution in [0.4, 0.5) is 0 Å². The van der Waals surface area contributed by atoms with Gasteiger partial charge in [-0.3, -0.25) is 4.57 Å². The van der Waals surface area contributed by atoms with Crippen LogP contribution in [-0.4, -0.2) is 62.3 Å². The maximum atomic E-state index is 13.4. The molecule has 2 aromatic heterocycles. The van der Waals surface area contributed by atoms with Crippen molar-refractivity contribution in [2.45, 2.75) is 24.5 Å². The highest BCUT2D eigenvalue weighted by molar-refractivity contribution is 7.71. The van der Waals surface area contributed by atoms with Gasteiger partial charge in [-0.2, -0.15) is 0 Å². The number of H-pyrrole nitrogens is 1. The molecule has 1 saturated heterocycles. The number of esters is 3. The fourth-order valence-electron chi connectivity index (χ4n) is 4.78. The Labute approximate surface area is 280 Å². The highest BCUT2D eigenvalue weighted by Crippen LogP contribution is 2.37. The number of halogens is 3. The number of fused-ring (bicyclic) bond motifs is 1. The van der Waals surface area contributed by atoms with E-state index in [9.17, 15) is 14.4 Å². The third-order valence-corrected chi connectivity index (χ3v) is 8.10. The van der Waals surface area contributed by atoms with Gasteiger partial charge in [0.05, 0.1) is 29.3 Å². The van der Waals surface area contributed by atoms with Crippen molar-refractivity contribution in [1.29, 1.82) is 0 Å². The summed E-state index contributed by atoms with van der Waals surface area (Å²) >= 11 is 23.3. The first kappa shape index (κ1) is 31.6. The highest BCUT2D eigenvalue weighted by Gasteiger charge is 2.51. The molecule has 3 heterocycles. The molecule has 1 aliphatic heterocycles. The van der Waals surface area contributed by atoms with Crippen LogP contribution in [0, 0.1) is 4.64 Å². The van der Waals surface area contributed by atoms with E-state index < -0.39 is 42.4 Å². The molecule has 6 rings (SSSR count). The van der Waals surface area contributed by atoms with Crippen LogP contribution in [0.1, 0.15) is 37.3 Å². The fourth-order valence-corrected chi connectivity index (χ4v) is 5.36. The Bertz CT molecular complexity index is 1970. The molecule has 0 bridgehead atoms. The maximum absolute atomic E-state index is 13.4. The minimum absolute atomic E-state index is 0.177. The molecular formula is C31H21Cl3N4O7S. The number of aromatic amines is 1. The zero-order chi connectivity index (χ0) is 32.4. The molecule has 1 N–H and O–H groups in total. The number of nitrogens with one attached hydrogen (secondary N) is 1. The van der Waals surface area contributed by atoms with Gasteiger partial charge in [-0.05, 0) is 72.8 Å². The predicted octanol–water partition coefficient (Wildman–Crippen LogP) is 6.65. The lowest BCUT2D eigenvalue weighted by Crippen LogP contribution is -2.41. The number of imidazole rings is 1. The number of aromatic nitrogens is 4. The Morgan fingerprint density at radius 1 is 0.761 bits per heavy atom. The van der Waals surface area contributed by atoms with E-state index in [0.29, 0.717) is 26.2 Å². The summed E-state index contributed by atoms with van der Waals surface area (Å²) in [7, 11) is 0. The fraction of sp³-hybridized carbons (Fsp3) is 0.161. The summed E-state index contributed by atoms with van der Waals surface area (Å²) in [5, 5.41) is 1.28. The smallest absolute Gasteiger partial charge is 0.338 e. The monoisotopic (exact) mass is 698 g/mol. The topological polar surface area (TPSA) is 135 Å². The molecule has 46 heavy (non-hydrogen) atoms. The molecule has 1 fully saturated rings. The first-order valence-corrected chi connectivity index (χ1v) is 15.1. The molecule has 5 aromatic rings. The highest BCUT2D eigenvalue weighted by atomic mass is 35.5. The molecule has 0 radical (unpaired) electrons. The standard InChI is InChI=1S/C31H21Cl3N4O7S/c32-19-7-1-16(2-8-19)29(39)42-13-22-24(44-30(40)17-3-9-20(33)10-4-17)25(45-31(41)18-5-11-21(34)12-6-18)28(43-22)38-15-37-23-26(38)35-14-36-27(23)46/h1-12,14-15,22,24-25,28H,13H2,(H,35,36,46)/t22-,24+,25-,28+/m0/s1. The van der Waals surface area contributed by atoms with Gasteiger partial charge < -0.3 is 23.9 Å². The van der Waals surface area contributed by atoms with Crippen LogP contribution in [0.5, 0.6) is 0 Å². The lowest BCUT2D eigenvalue weighted by molar-refractivity contribution is -0.0606. The SMILES string of the molecule is O=C(OC[C@@H]1O[C@@H](n2cnc3c(=S)nc[nH]c32)[C@@H](OC(=O)c2ccc(Cl)cc2)[C@@H]1OC(=O)c1ccc(Cl)cc1)c1ccc(Cl)cc1. The zero-order valence-corrected chi connectivity index (χ0v) is 26.4. The van der Waals surface area contributed by atoms with Gasteiger partial charge in [-0.15, -0.1) is 0 Å². The molecule has 234 valence electrons. The van der Waals surface area contributed by atoms with Gasteiger partial charge >= 0.3 is 17.9 Å². The van der Waals surface area contributed by atoms with Crippen molar-refractivity contribution in [1.82, 2.24) is 19.5 Å². The third kappa shape index (κ3) is 6.76. The summed E-state index contributed by atoms with van der Waals surface area (Å²) in [5.74, 6) is -2.18. The number of rotatable bonds is 8. The van der Waals surface area contributed by atoms with Gasteiger partial charge in [0.15, 0.2) is 23.1 Å². The van der Waals surface area contributed by atoms with Gasteiger partial charge in [-0.25, -0.2) is 24.4 Å². The number of carbonyl (C=O) groups excluding carboxylic acids is 3. The van der Waals surface area contributed by atoms with Crippen LogP contribution in [0.15, 0.2) is 85.5 Å². The Kier molecular flexibility index (Phi) is 9.34. The molecule has 3 aromatic carbocycles. The van der Waals surface area contributed by atoms with Crippen LogP contribution < -0.4 is 0 Å². The van der Waals surface area contributed by atoms with E-state index in [1.54, 1.807) is 12.1 Å². The summed E-state index contributed by atoms with van der Waals surface area (Å²) in [6.45, 7) is -0.379. The minimum atomic E-state index is -1.27. The normalized spacial score (nSPS) is 19.1. The average molecular weight is 700 g/mol. The van der Waals surface area contributed by atoms with E-state index in [4.69, 9.17) is 66.0 Å². The zero-order valence-electron chi connectivity index (χ0n) is 23.3. The summed E-state index contributed by atoms with van der Waals surface area (Å²) < 4.78 is 25.6. The Balaban J connectivity index is 1.37. The minimum Gasteiger partial charge on any atom is -0.459 e. The second kappa shape index (κ2) is 13.6. The summed E-state index contributed by atoms with van der Waals surface area (Å²) in [6, 6.07) is 18.2. The van der Waals surface area contributed by atoms with Gasteiger partial charge in [0, 0.05) is 15.1 Å². The van der Waals surface area contributed by atoms with E-state index in [0.717, 1.165) is 0 Å². The van der Waals surface area contributed by atoms with Crippen molar-refractivity contribution < 1.29 is 33.3 Å². The molecule has 0 saturated carbocycles. The van der Waals surface area contributed by atoms with E-state index in [-0.39, 0.29) is 27.9 Å².